The lowest BCUT2D eigenvalue weighted by atomic mass is 10.2. The number of nitrogens with one attached hydrogen (secondary N) is 1. The fourth-order valence-corrected chi connectivity index (χ4v) is 4.20. The smallest absolute Gasteiger partial charge is 0.239 e. The van der Waals surface area contributed by atoms with Crippen LogP contribution in [0.3, 0.4) is 0 Å². The minimum Gasteiger partial charge on any atom is -0.454 e. The van der Waals surface area contributed by atoms with Crippen molar-refractivity contribution in [2.45, 2.75) is 30.7 Å². The van der Waals surface area contributed by atoms with Gasteiger partial charge in [-0.1, -0.05) is 30.0 Å². The van der Waals surface area contributed by atoms with Gasteiger partial charge in [-0.3, -0.25) is 10.1 Å². The average molecular weight is 419 g/mol. The maximum Gasteiger partial charge on any atom is 0.239 e. The number of hydrogen-bond acceptors (Lipinski definition) is 9. The van der Waals surface area contributed by atoms with Crippen LogP contribution in [0.2, 0.25) is 0 Å². The summed E-state index contributed by atoms with van der Waals surface area (Å²) in [5.74, 6) is 1.97. The zero-order valence-corrected chi connectivity index (χ0v) is 17.1. The van der Waals surface area contributed by atoms with Crippen molar-refractivity contribution in [3.8, 4) is 22.9 Å². The van der Waals surface area contributed by atoms with Crippen molar-refractivity contribution in [3.05, 3.63) is 23.2 Å². The predicted octanol–water partition coefficient (Wildman–Crippen LogP) is 2.88. The third-order valence-electron chi connectivity index (χ3n) is 4.13. The zero-order chi connectivity index (χ0) is 19.7. The molecule has 11 heteroatoms. The fraction of sp³-hybridized carbons (Fsp3) is 0.353. The molecule has 1 N–H and O–H groups in total. The molecule has 2 aromatic heterocycles. The van der Waals surface area contributed by atoms with E-state index in [9.17, 15) is 4.79 Å². The van der Waals surface area contributed by atoms with E-state index in [0.717, 1.165) is 16.3 Å². The molecule has 3 heterocycles. The molecule has 0 fully saturated rings. The quantitative estimate of drug-likeness (QED) is 0.610. The van der Waals surface area contributed by atoms with Gasteiger partial charge >= 0.3 is 0 Å². The molecule has 0 saturated carbocycles. The Morgan fingerprint density at radius 3 is 2.86 bits per heavy atom. The largest absolute Gasteiger partial charge is 0.454 e. The molecule has 1 aromatic carbocycles. The first kappa shape index (κ1) is 18.7. The number of ether oxygens (including phenoxy) is 2. The topological polar surface area (TPSA) is 104 Å². The van der Waals surface area contributed by atoms with Gasteiger partial charge in [0.15, 0.2) is 22.5 Å². The molecule has 0 bridgehead atoms. The van der Waals surface area contributed by atoms with Crippen LogP contribution in [0.25, 0.3) is 11.4 Å². The summed E-state index contributed by atoms with van der Waals surface area (Å²) in [7, 11) is 1.88. The maximum absolute atomic E-state index is 12.6. The second-order valence-electron chi connectivity index (χ2n) is 6.06. The second-order valence-corrected chi connectivity index (χ2v) is 8.41. The summed E-state index contributed by atoms with van der Waals surface area (Å²) >= 11 is 2.71. The van der Waals surface area contributed by atoms with E-state index in [0.29, 0.717) is 28.3 Å². The van der Waals surface area contributed by atoms with Gasteiger partial charge in [-0.05, 0) is 31.5 Å². The third kappa shape index (κ3) is 3.67. The Kier molecular flexibility index (Phi) is 5.18. The number of thioether (sulfide) groups is 1. The number of amides is 1. The zero-order valence-electron chi connectivity index (χ0n) is 15.5. The Hall–Kier alpha value is -2.66. The Morgan fingerprint density at radius 2 is 2.11 bits per heavy atom. The first-order valence-electron chi connectivity index (χ1n) is 8.62. The van der Waals surface area contributed by atoms with Gasteiger partial charge in [0.1, 0.15) is 5.01 Å². The van der Waals surface area contributed by atoms with E-state index in [1.54, 1.807) is 0 Å². The van der Waals surface area contributed by atoms with Gasteiger partial charge in [-0.2, -0.15) is 0 Å². The van der Waals surface area contributed by atoms with Crippen molar-refractivity contribution in [3.63, 3.8) is 0 Å². The molecule has 9 nitrogen and oxygen atoms in total. The summed E-state index contributed by atoms with van der Waals surface area (Å²) < 4.78 is 12.6. The van der Waals surface area contributed by atoms with Crippen molar-refractivity contribution in [1.82, 2.24) is 25.0 Å². The highest BCUT2D eigenvalue weighted by Crippen LogP contribution is 2.36. The van der Waals surface area contributed by atoms with Crippen LogP contribution in [0.1, 0.15) is 18.4 Å². The Labute approximate surface area is 169 Å². The minimum atomic E-state index is -0.322. The molecule has 1 amide bonds. The first-order valence-corrected chi connectivity index (χ1v) is 10.3. The Bertz CT molecular complexity index is 1020. The van der Waals surface area contributed by atoms with E-state index >= 15 is 0 Å². The van der Waals surface area contributed by atoms with Crippen molar-refractivity contribution >= 4 is 34.1 Å². The average Bonchev–Trinajstić information content (AvgIpc) is 3.39. The molecule has 1 aliphatic heterocycles. The SMILES string of the molecule is CC[C@@H](Sc1nnc(-c2ccc3c(c2)OCO3)n1C)C(=O)Nc1nnc(C)s1. The van der Waals surface area contributed by atoms with Crippen LogP contribution in [0.5, 0.6) is 11.5 Å². The summed E-state index contributed by atoms with van der Waals surface area (Å²) in [5, 5.41) is 20.9. The van der Waals surface area contributed by atoms with E-state index in [2.05, 4.69) is 25.7 Å². The van der Waals surface area contributed by atoms with Crippen LogP contribution in [0, 0.1) is 6.92 Å². The Balaban J connectivity index is 1.50. The summed E-state index contributed by atoms with van der Waals surface area (Å²) in [4.78, 5) is 12.6. The van der Waals surface area contributed by atoms with Crippen molar-refractivity contribution in [2.75, 3.05) is 12.1 Å². The fourth-order valence-electron chi connectivity index (χ4n) is 2.69. The first-order chi connectivity index (χ1) is 13.5. The van der Waals surface area contributed by atoms with E-state index in [-0.39, 0.29) is 18.0 Å². The van der Waals surface area contributed by atoms with Gasteiger partial charge in [-0.25, -0.2) is 0 Å². The molecule has 0 radical (unpaired) electrons. The van der Waals surface area contributed by atoms with Gasteiger partial charge in [0.05, 0.1) is 5.25 Å². The standard InChI is InChI=1S/C17H18N6O3S2/c1-4-13(15(24)18-16-21-19-9(2)27-16)28-17-22-20-14(23(17)3)10-5-6-11-12(7-10)26-8-25-11/h5-7,13H,4,8H2,1-3H3,(H,18,21,24)/t13-/m1/s1. The van der Waals surface area contributed by atoms with Gasteiger partial charge in [0.25, 0.3) is 0 Å². The third-order valence-corrected chi connectivity index (χ3v) is 6.29. The number of hydrogen-bond donors (Lipinski definition) is 1. The molecule has 4 rings (SSSR count). The van der Waals surface area contributed by atoms with E-state index < -0.39 is 0 Å². The van der Waals surface area contributed by atoms with Crippen LogP contribution in [0.4, 0.5) is 5.13 Å². The number of carbonyl (C=O) groups excluding carboxylic acids is 1. The van der Waals surface area contributed by atoms with Crippen LogP contribution in [-0.4, -0.2) is 42.9 Å². The molecule has 0 spiro atoms. The van der Waals surface area contributed by atoms with Crippen LogP contribution in [0.15, 0.2) is 23.4 Å². The van der Waals surface area contributed by atoms with Gasteiger partial charge in [0, 0.05) is 12.6 Å². The molecular formula is C17H18N6O3S2. The second kappa shape index (κ2) is 7.76. The summed E-state index contributed by atoms with van der Waals surface area (Å²) in [5.41, 5.74) is 0.868. The predicted molar refractivity (Wildman–Crippen MR) is 106 cm³/mol. The number of benzene rings is 1. The highest BCUT2D eigenvalue weighted by atomic mass is 32.2. The lowest BCUT2D eigenvalue weighted by Crippen LogP contribution is -2.25. The van der Waals surface area contributed by atoms with Crippen molar-refractivity contribution in [1.29, 1.82) is 0 Å². The minimum absolute atomic E-state index is 0.128. The lowest BCUT2D eigenvalue weighted by Gasteiger charge is -2.12. The maximum atomic E-state index is 12.6. The molecule has 28 heavy (non-hydrogen) atoms. The monoisotopic (exact) mass is 418 g/mol. The van der Waals surface area contributed by atoms with Crippen LogP contribution < -0.4 is 14.8 Å². The molecule has 1 aliphatic rings. The van der Waals surface area contributed by atoms with E-state index in [4.69, 9.17) is 9.47 Å². The van der Waals surface area contributed by atoms with Crippen molar-refractivity contribution in [2.24, 2.45) is 7.05 Å². The van der Waals surface area contributed by atoms with Crippen LogP contribution in [-0.2, 0) is 11.8 Å². The summed E-state index contributed by atoms with van der Waals surface area (Å²) in [6.07, 6.45) is 0.639. The van der Waals surface area contributed by atoms with E-state index in [1.165, 1.54) is 23.1 Å². The number of aromatic nitrogens is 5. The molecular weight excluding hydrogens is 400 g/mol. The molecule has 0 aliphatic carbocycles. The molecule has 1 atom stereocenters. The normalized spacial score (nSPS) is 13.5. The number of nitrogens with zero attached hydrogens (tertiary/aromatic N) is 5. The van der Waals surface area contributed by atoms with Gasteiger partial charge in [0.2, 0.25) is 17.8 Å². The molecule has 0 saturated heterocycles. The molecule has 0 unspecified atom stereocenters. The number of fused-ring (bicyclic) bond motifs is 1. The van der Waals surface area contributed by atoms with Gasteiger partial charge < -0.3 is 14.0 Å². The number of carbonyl (C=O) groups is 1. The summed E-state index contributed by atoms with van der Waals surface area (Å²) in [6, 6.07) is 5.64. The highest BCUT2D eigenvalue weighted by Gasteiger charge is 2.23. The molecule has 146 valence electrons. The number of rotatable bonds is 6. The summed E-state index contributed by atoms with van der Waals surface area (Å²) in [6.45, 7) is 4.02. The van der Waals surface area contributed by atoms with E-state index in [1.807, 2.05) is 43.7 Å². The van der Waals surface area contributed by atoms with Crippen molar-refractivity contribution < 1.29 is 14.3 Å². The molecule has 3 aromatic rings. The van der Waals surface area contributed by atoms with Crippen LogP contribution >= 0.6 is 23.1 Å². The number of anilines is 1. The number of aryl methyl sites for hydroxylation is 1. The Morgan fingerprint density at radius 1 is 1.29 bits per heavy atom. The van der Waals surface area contributed by atoms with Gasteiger partial charge in [-0.15, -0.1) is 20.4 Å². The highest BCUT2D eigenvalue weighted by molar-refractivity contribution is 8.00. The lowest BCUT2D eigenvalue weighted by molar-refractivity contribution is -0.115.